The highest BCUT2D eigenvalue weighted by atomic mass is 16.5. The average Bonchev–Trinajstić information content (AvgIpc) is 3.03. The molecule has 0 spiro atoms. The number of aromatic amines is 1. The van der Waals surface area contributed by atoms with E-state index in [1.807, 2.05) is 11.5 Å². The Kier molecular flexibility index (Phi) is 4.30. The van der Waals surface area contributed by atoms with E-state index in [1.165, 1.54) is 12.8 Å². The third-order valence-corrected chi connectivity index (χ3v) is 4.83. The molecule has 2 heterocycles. The van der Waals surface area contributed by atoms with Gasteiger partial charge in [-0.15, -0.1) is 0 Å². The Labute approximate surface area is 141 Å². The highest BCUT2D eigenvalue weighted by Gasteiger charge is 2.25. The molecule has 1 N–H and O–H groups in total. The van der Waals surface area contributed by atoms with E-state index in [0.29, 0.717) is 22.5 Å². The molecule has 0 amide bonds. The number of fused-ring (bicyclic) bond motifs is 1. The molecule has 2 aromatic heterocycles. The topological polar surface area (TPSA) is 77.0 Å². The fourth-order valence-corrected chi connectivity index (χ4v) is 3.61. The highest BCUT2D eigenvalue weighted by Crippen LogP contribution is 2.24. The van der Waals surface area contributed by atoms with E-state index >= 15 is 0 Å². The van der Waals surface area contributed by atoms with Crippen molar-refractivity contribution < 1.29 is 14.3 Å². The lowest BCUT2D eigenvalue weighted by molar-refractivity contribution is 0.0599. The average molecular weight is 329 g/mol. The van der Waals surface area contributed by atoms with Crippen LogP contribution in [-0.4, -0.2) is 33.4 Å². The van der Waals surface area contributed by atoms with Gasteiger partial charge in [0.25, 0.3) is 0 Å². The number of esters is 1. The van der Waals surface area contributed by atoms with Crippen molar-refractivity contribution in [1.29, 1.82) is 0 Å². The number of hydrogen-bond acceptors (Lipinski definition) is 4. The minimum atomic E-state index is -0.420. The van der Waals surface area contributed by atoms with Gasteiger partial charge >= 0.3 is 5.97 Å². The van der Waals surface area contributed by atoms with Crippen LogP contribution in [0.25, 0.3) is 0 Å². The molecule has 0 atom stereocenters. The minimum Gasteiger partial charge on any atom is -0.465 e. The standard InChI is InChI=1S/C18H23N3O3/c1-10-16(18(23)24-4)11(2)19-17(10)15(22)9-21-12(3)20-13-7-5-6-8-14(13)21/h19H,5-9H2,1-4H3. The van der Waals surface area contributed by atoms with Gasteiger partial charge in [0, 0.05) is 11.4 Å². The second-order valence-electron chi connectivity index (χ2n) is 6.39. The van der Waals surface area contributed by atoms with Crippen molar-refractivity contribution in [2.24, 2.45) is 0 Å². The van der Waals surface area contributed by atoms with Gasteiger partial charge in [0.15, 0.2) is 5.78 Å². The van der Waals surface area contributed by atoms with Crippen molar-refractivity contribution in [2.75, 3.05) is 7.11 Å². The zero-order chi connectivity index (χ0) is 17.4. The number of H-pyrrole nitrogens is 1. The Morgan fingerprint density at radius 3 is 2.62 bits per heavy atom. The minimum absolute atomic E-state index is 0.0420. The Bertz CT molecular complexity index is 814. The van der Waals surface area contributed by atoms with Crippen molar-refractivity contribution in [2.45, 2.75) is 53.0 Å². The summed E-state index contributed by atoms with van der Waals surface area (Å²) in [5.74, 6) is 0.417. The van der Waals surface area contributed by atoms with E-state index in [9.17, 15) is 9.59 Å². The highest BCUT2D eigenvalue weighted by molar-refractivity contribution is 6.01. The second kappa shape index (κ2) is 6.26. The predicted molar refractivity (Wildman–Crippen MR) is 89.5 cm³/mol. The fraction of sp³-hybridized carbons (Fsp3) is 0.500. The maximum absolute atomic E-state index is 12.8. The Morgan fingerprint density at radius 1 is 1.21 bits per heavy atom. The number of carbonyl (C=O) groups is 2. The van der Waals surface area contributed by atoms with Crippen LogP contribution in [-0.2, 0) is 24.1 Å². The fourth-order valence-electron chi connectivity index (χ4n) is 3.61. The van der Waals surface area contributed by atoms with E-state index in [1.54, 1.807) is 13.8 Å². The third-order valence-electron chi connectivity index (χ3n) is 4.83. The molecule has 0 bridgehead atoms. The Morgan fingerprint density at radius 2 is 1.92 bits per heavy atom. The summed E-state index contributed by atoms with van der Waals surface area (Å²) in [5, 5.41) is 0. The van der Waals surface area contributed by atoms with Crippen molar-refractivity contribution in [3.63, 3.8) is 0 Å². The van der Waals surface area contributed by atoms with E-state index in [2.05, 4.69) is 9.97 Å². The summed E-state index contributed by atoms with van der Waals surface area (Å²) in [6, 6.07) is 0. The van der Waals surface area contributed by atoms with Crippen LogP contribution >= 0.6 is 0 Å². The van der Waals surface area contributed by atoms with Crippen LogP contribution in [0.3, 0.4) is 0 Å². The van der Waals surface area contributed by atoms with Gasteiger partial charge in [-0.3, -0.25) is 4.79 Å². The normalized spacial score (nSPS) is 13.7. The molecule has 0 saturated carbocycles. The molecule has 0 aromatic carbocycles. The summed E-state index contributed by atoms with van der Waals surface area (Å²) in [4.78, 5) is 32.4. The van der Waals surface area contributed by atoms with Gasteiger partial charge in [0.05, 0.1) is 30.6 Å². The van der Waals surface area contributed by atoms with Gasteiger partial charge in [-0.2, -0.15) is 0 Å². The molecule has 128 valence electrons. The predicted octanol–water partition coefficient (Wildman–Crippen LogP) is 2.68. The van der Waals surface area contributed by atoms with Crippen LogP contribution in [0.4, 0.5) is 0 Å². The number of nitrogens with zero attached hydrogens (tertiary/aromatic N) is 2. The number of rotatable bonds is 4. The summed E-state index contributed by atoms with van der Waals surface area (Å²) < 4.78 is 6.82. The monoisotopic (exact) mass is 329 g/mol. The first-order valence-electron chi connectivity index (χ1n) is 8.29. The molecule has 1 aliphatic carbocycles. The van der Waals surface area contributed by atoms with Crippen molar-refractivity contribution in [3.8, 4) is 0 Å². The first kappa shape index (κ1) is 16.5. The number of nitrogens with one attached hydrogen (secondary N) is 1. The van der Waals surface area contributed by atoms with Gasteiger partial charge < -0.3 is 14.3 Å². The van der Waals surface area contributed by atoms with E-state index in [4.69, 9.17) is 4.74 Å². The second-order valence-corrected chi connectivity index (χ2v) is 6.39. The lowest BCUT2D eigenvalue weighted by Gasteiger charge is -2.14. The molecular weight excluding hydrogens is 306 g/mol. The molecule has 0 radical (unpaired) electrons. The number of aromatic nitrogens is 3. The Hall–Kier alpha value is -2.37. The lowest BCUT2D eigenvalue weighted by Crippen LogP contribution is -2.17. The zero-order valence-corrected chi connectivity index (χ0v) is 14.7. The van der Waals surface area contributed by atoms with Crippen molar-refractivity contribution >= 4 is 11.8 Å². The summed E-state index contributed by atoms with van der Waals surface area (Å²) >= 11 is 0. The molecule has 1 aliphatic rings. The maximum atomic E-state index is 12.8. The van der Waals surface area contributed by atoms with Crippen molar-refractivity contribution in [3.05, 3.63) is 39.7 Å². The van der Waals surface area contributed by atoms with Crippen molar-refractivity contribution in [1.82, 2.24) is 14.5 Å². The largest absolute Gasteiger partial charge is 0.465 e. The molecule has 24 heavy (non-hydrogen) atoms. The van der Waals surface area contributed by atoms with Crippen LogP contribution in [0.15, 0.2) is 0 Å². The van der Waals surface area contributed by atoms with Crippen LogP contribution in [0.1, 0.15) is 62.2 Å². The van der Waals surface area contributed by atoms with Gasteiger partial charge in [0.1, 0.15) is 5.82 Å². The molecule has 0 fully saturated rings. The van der Waals surface area contributed by atoms with Crippen LogP contribution in [0.5, 0.6) is 0 Å². The van der Waals surface area contributed by atoms with Crippen LogP contribution in [0.2, 0.25) is 0 Å². The maximum Gasteiger partial charge on any atom is 0.339 e. The SMILES string of the molecule is COC(=O)c1c(C)[nH]c(C(=O)Cn2c(C)nc3c2CCCC3)c1C. The molecule has 6 nitrogen and oxygen atoms in total. The number of imidazole rings is 1. The van der Waals surface area contributed by atoms with Crippen LogP contribution in [0, 0.1) is 20.8 Å². The first-order valence-corrected chi connectivity index (χ1v) is 8.29. The summed E-state index contributed by atoms with van der Waals surface area (Å²) in [7, 11) is 1.34. The van der Waals surface area contributed by atoms with Gasteiger partial charge in [-0.25, -0.2) is 9.78 Å². The van der Waals surface area contributed by atoms with Gasteiger partial charge in [-0.05, 0) is 52.0 Å². The summed E-state index contributed by atoms with van der Waals surface area (Å²) in [6.07, 6.45) is 4.26. The van der Waals surface area contributed by atoms with Gasteiger partial charge in [0.2, 0.25) is 0 Å². The quantitative estimate of drug-likeness (QED) is 0.691. The summed E-state index contributed by atoms with van der Waals surface area (Å²) in [6.45, 7) is 5.74. The number of methoxy groups -OCH3 is 1. The number of hydrogen-bond donors (Lipinski definition) is 1. The molecule has 0 unspecified atom stereocenters. The molecule has 3 rings (SSSR count). The third kappa shape index (κ3) is 2.66. The number of ether oxygens (including phenoxy) is 1. The molecule has 0 aliphatic heterocycles. The molecule has 6 heteroatoms. The molecular formula is C18H23N3O3. The van der Waals surface area contributed by atoms with E-state index < -0.39 is 5.97 Å². The van der Waals surface area contributed by atoms with Gasteiger partial charge in [-0.1, -0.05) is 0 Å². The zero-order valence-electron chi connectivity index (χ0n) is 14.7. The van der Waals surface area contributed by atoms with E-state index in [0.717, 1.165) is 37.2 Å². The summed E-state index contributed by atoms with van der Waals surface area (Å²) in [5.41, 5.74) is 4.54. The number of aryl methyl sites for hydroxylation is 3. The van der Waals surface area contributed by atoms with E-state index in [-0.39, 0.29) is 12.3 Å². The molecule has 2 aromatic rings. The van der Waals surface area contributed by atoms with Crippen LogP contribution < -0.4 is 0 Å². The molecule has 0 saturated heterocycles. The Balaban J connectivity index is 1.92. The number of ketones is 1. The number of carbonyl (C=O) groups excluding carboxylic acids is 2. The lowest BCUT2D eigenvalue weighted by atomic mass is 10.0. The smallest absolute Gasteiger partial charge is 0.339 e. The first-order chi connectivity index (χ1) is 11.4. The number of Topliss-reactive ketones (excluding diaryl/α,β-unsaturated/α-hetero) is 1.